The van der Waals surface area contributed by atoms with Crippen LogP contribution in [0.25, 0.3) is 0 Å². The van der Waals surface area contributed by atoms with Crippen LogP contribution >= 0.6 is 0 Å². The van der Waals surface area contributed by atoms with Crippen molar-refractivity contribution in [1.82, 2.24) is 0 Å². The molecule has 1 saturated heterocycles. The second kappa shape index (κ2) is 1.47. The van der Waals surface area contributed by atoms with Gasteiger partial charge in [0.25, 0.3) is 0 Å². The van der Waals surface area contributed by atoms with E-state index in [1.54, 1.807) is 0 Å². The predicted octanol–water partition coefficient (Wildman–Crippen LogP) is 1.53. The third-order valence-corrected chi connectivity index (χ3v) is 2.04. The highest BCUT2D eigenvalue weighted by molar-refractivity contribution is 5.14. The second-order valence-corrected chi connectivity index (χ2v) is 2.78. The molecule has 0 aromatic rings. The Morgan fingerprint density at radius 1 is 1.38 bits per heavy atom. The second-order valence-electron chi connectivity index (χ2n) is 2.78. The monoisotopic (exact) mass is 111 g/mol. The molecule has 2 rings (SSSR count). The van der Waals surface area contributed by atoms with Gasteiger partial charge < -0.3 is 4.74 Å². The molecule has 1 atom stereocenters. The highest BCUT2D eigenvalue weighted by atomic mass is 16.5. The molecule has 1 heterocycles. The first-order valence-corrected chi connectivity index (χ1v) is 3.40. The van der Waals surface area contributed by atoms with Crippen molar-refractivity contribution in [2.45, 2.75) is 31.3 Å². The quantitative estimate of drug-likeness (QED) is 0.460. The van der Waals surface area contributed by atoms with E-state index in [1.807, 2.05) is 0 Å². The van der Waals surface area contributed by atoms with Gasteiger partial charge >= 0.3 is 0 Å². The summed E-state index contributed by atoms with van der Waals surface area (Å²) in [7, 11) is 0. The van der Waals surface area contributed by atoms with E-state index in [1.165, 1.54) is 25.7 Å². The van der Waals surface area contributed by atoms with E-state index in [2.05, 4.69) is 6.42 Å². The Labute approximate surface area is 50.0 Å². The lowest BCUT2D eigenvalue weighted by atomic mass is 10.1. The molecule has 2 aliphatic rings. The van der Waals surface area contributed by atoms with Crippen LogP contribution in [0.3, 0.4) is 0 Å². The summed E-state index contributed by atoms with van der Waals surface area (Å²) in [6, 6.07) is 0. The summed E-state index contributed by atoms with van der Waals surface area (Å²) in [6.45, 7) is 0.997. The molecule has 0 aromatic carbocycles. The van der Waals surface area contributed by atoms with Gasteiger partial charge in [-0.1, -0.05) is 0 Å². The third-order valence-electron chi connectivity index (χ3n) is 2.04. The maximum absolute atomic E-state index is 5.52. The molecule has 8 heavy (non-hydrogen) atoms. The lowest BCUT2D eigenvalue weighted by Crippen LogP contribution is -2.19. The summed E-state index contributed by atoms with van der Waals surface area (Å²) >= 11 is 0. The fourth-order valence-corrected chi connectivity index (χ4v) is 1.31. The van der Waals surface area contributed by atoms with Crippen LogP contribution in [-0.4, -0.2) is 12.2 Å². The van der Waals surface area contributed by atoms with E-state index >= 15 is 0 Å². The Morgan fingerprint density at radius 2 is 2.25 bits per heavy atom. The highest BCUT2D eigenvalue weighted by Gasteiger charge is 2.44. The van der Waals surface area contributed by atoms with Crippen molar-refractivity contribution in [3.63, 3.8) is 0 Å². The van der Waals surface area contributed by atoms with Crippen LogP contribution < -0.4 is 0 Å². The Balaban J connectivity index is 1.95. The van der Waals surface area contributed by atoms with Crippen LogP contribution in [0.1, 0.15) is 25.7 Å². The van der Waals surface area contributed by atoms with Crippen molar-refractivity contribution in [3.05, 3.63) is 6.42 Å². The fraction of sp³-hybridized carbons (Fsp3) is 0.857. The molecule has 0 N–H and O–H groups in total. The smallest absolute Gasteiger partial charge is 0.0719 e. The molecule has 1 radical (unpaired) electrons. The topological polar surface area (TPSA) is 9.23 Å². The minimum atomic E-state index is 0.304. The molecule has 45 valence electrons. The van der Waals surface area contributed by atoms with Crippen molar-refractivity contribution in [1.29, 1.82) is 0 Å². The number of rotatable bonds is 0. The summed E-state index contributed by atoms with van der Waals surface area (Å²) in [5.41, 5.74) is 0.304. The van der Waals surface area contributed by atoms with Gasteiger partial charge in [0, 0.05) is 6.61 Å². The summed E-state index contributed by atoms with van der Waals surface area (Å²) < 4.78 is 5.52. The molecule has 1 aliphatic carbocycles. The van der Waals surface area contributed by atoms with Crippen molar-refractivity contribution in [2.24, 2.45) is 0 Å². The average Bonchev–Trinajstić information content (AvgIpc) is 2.52. The first-order valence-electron chi connectivity index (χ1n) is 3.40. The zero-order valence-corrected chi connectivity index (χ0v) is 5.02. The van der Waals surface area contributed by atoms with Gasteiger partial charge in [-0.05, 0) is 32.1 Å². The standard InChI is InChI=1S/C7H11O/c1-2-6-8-7(3-1)4-5-7/h4H,1-3,5-6H2. The zero-order valence-electron chi connectivity index (χ0n) is 5.02. The number of ether oxygens (including phenoxy) is 1. The van der Waals surface area contributed by atoms with Gasteiger partial charge in [0.05, 0.1) is 5.60 Å². The summed E-state index contributed by atoms with van der Waals surface area (Å²) in [4.78, 5) is 0. The lowest BCUT2D eigenvalue weighted by Gasteiger charge is -2.20. The van der Waals surface area contributed by atoms with Crippen molar-refractivity contribution < 1.29 is 4.74 Å². The van der Waals surface area contributed by atoms with Gasteiger partial charge in [-0.15, -0.1) is 0 Å². The van der Waals surface area contributed by atoms with Crippen LogP contribution in [0.4, 0.5) is 0 Å². The molecule has 1 nitrogen and oxygen atoms in total. The van der Waals surface area contributed by atoms with E-state index in [0.29, 0.717) is 5.60 Å². The SMILES string of the molecule is [CH]1CC12CCCCO2. The Bertz CT molecular complexity index is 86.6. The highest BCUT2D eigenvalue weighted by Crippen LogP contribution is 2.44. The number of hydrogen-bond donors (Lipinski definition) is 0. The van der Waals surface area contributed by atoms with Gasteiger partial charge in [-0.25, -0.2) is 0 Å². The minimum absolute atomic E-state index is 0.304. The molecule has 0 bridgehead atoms. The van der Waals surface area contributed by atoms with Crippen molar-refractivity contribution in [2.75, 3.05) is 6.61 Å². The molecule has 2 fully saturated rings. The van der Waals surface area contributed by atoms with Crippen LogP contribution in [-0.2, 0) is 4.74 Å². The van der Waals surface area contributed by atoms with Crippen molar-refractivity contribution >= 4 is 0 Å². The molecule has 0 amide bonds. The van der Waals surface area contributed by atoms with E-state index in [4.69, 9.17) is 4.74 Å². The van der Waals surface area contributed by atoms with Gasteiger partial charge in [-0.2, -0.15) is 0 Å². The molecule has 1 saturated carbocycles. The van der Waals surface area contributed by atoms with E-state index in [-0.39, 0.29) is 0 Å². The predicted molar refractivity (Wildman–Crippen MR) is 31.5 cm³/mol. The molecule has 1 unspecified atom stereocenters. The van der Waals surface area contributed by atoms with Crippen LogP contribution in [0, 0.1) is 6.42 Å². The molecular weight excluding hydrogens is 100 g/mol. The summed E-state index contributed by atoms with van der Waals surface area (Å²) in [5, 5.41) is 0. The fourth-order valence-electron chi connectivity index (χ4n) is 1.31. The molecular formula is C7H11O. The largest absolute Gasteiger partial charge is 0.375 e. The molecule has 1 heteroatoms. The van der Waals surface area contributed by atoms with Gasteiger partial charge in [0.15, 0.2) is 0 Å². The van der Waals surface area contributed by atoms with Gasteiger partial charge in [-0.3, -0.25) is 0 Å². The summed E-state index contributed by atoms with van der Waals surface area (Å²) in [6.07, 6.45) is 7.43. The van der Waals surface area contributed by atoms with E-state index in [0.717, 1.165) is 6.61 Å². The summed E-state index contributed by atoms with van der Waals surface area (Å²) in [5.74, 6) is 0. The van der Waals surface area contributed by atoms with Crippen molar-refractivity contribution in [3.8, 4) is 0 Å². The Kier molecular flexibility index (Phi) is 0.884. The third kappa shape index (κ3) is 0.655. The maximum Gasteiger partial charge on any atom is 0.0719 e. The van der Waals surface area contributed by atoms with Crippen LogP contribution in [0.2, 0.25) is 0 Å². The van der Waals surface area contributed by atoms with Gasteiger partial charge in [0.2, 0.25) is 0 Å². The lowest BCUT2D eigenvalue weighted by molar-refractivity contribution is 0.00486. The zero-order chi connectivity index (χ0) is 5.45. The number of hydrogen-bond acceptors (Lipinski definition) is 1. The maximum atomic E-state index is 5.52. The molecule has 1 aliphatic heterocycles. The normalized spacial score (nSPS) is 33.0. The minimum Gasteiger partial charge on any atom is -0.375 e. The van der Waals surface area contributed by atoms with E-state index in [9.17, 15) is 0 Å². The van der Waals surface area contributed by atoms with Gasteiger partial charge in [0.1, 0.15) is 0 Å². The van der Waals surface area contributed by atoms with Crippen LogP contribution in [0.15, 0.2) is 0 Å². The first kappa shape index (κ1) is 4.80. The first-order chi connectivity index (χ1) is 3.91. The molecule has 1 spiro atoms. The van der Waals surface area contributed by atoms with E-state index < -0.39 is 0 Å². The Hall–Kier alpha value is -0.0400. The molecule has 0 aromatic heterocycles. The Morgan fingerprint density at radius 3 is 2.62 bits per heavy atom. The average molecular weight is 111 g/mol. The van der Waals surface area contributed by atoms with Crippen LogP contribution in [0.5, 0.6) is 0 Å².